The predicted molar refractivity (Wildman–Crippen MR) is 104 cm³/mol. The molecule has 0 aliphatic carbocycles. The van der Waals surface area contributed by atoms with Crippen molar-refractivity contribution in [3.05, 3.63) is 89.7 Å². The first-order valence-electron chi connectivity index (χ1n) is 8.73. The molecule has 0 saturated heterocycles. The Morgan fingerprint density at radius 1 is 1.07 bits per heavy atom. The lowest BCUT2D eigenvalue weighted by molar-refractivity contribution is 0.0939. The molecule has 0 aliphatic heterocycles. The number of methoxy groups -OCH3 is 1. The monoisotopic (exact) mass is 362 g/mol. The molecule has 1 N–H and O–H groups in total. The Balaban J connectivity index is 1.68. The van der Waals surface area contributed by atoms with Crippen LogP contribution in [0, 0.1) is 0 Å². The van der Waals surface area contributed by atoms with Crippen LogP contribution < -0.4 is 14.8 Å². The minimum absolute atomic E-state index is 0.147. The molecule has 1 amide bonds. The smallest absolute Gasteiger partial charge is 0.251 e. The lowest BCUT2D eigenvalue weighted by Crippen LogP contribution is -2.26. The Kier molecular flexibility index (Phi) is 6.05. The van der Waals surface area contributed by atoms with Crippen molar-refractivity contribution in [2.45, 2.75) is 19.6 Å². The molecule has 0 aliphatic rings. The number of hydrogen-bond acceptors (Lipinski definition) is 4. The van der Waals surface area contributed by atoms with Crippen LogP contribution in [0.2, 0.25) is 0 Å². The molecule has 27 heavy (non-hydrogen) atoms. The number of rotatable bonds is 7. The molecule has 1 atom stereocenters. The first kappa shape index (κ1) is 18.5. The second kappa shape index (κ2) is 8.85. The summed E-state index contributed by atoms with van der Waals surface area (Å²) in [6.45, 7) is 2.35. The van der Waals surface area contributed by atoms with E-state index >= 15 is 0 Å². The van der Waals surface area contributed by atoms with Crippen LogP contribution in [0.4, 0.5) is 0 Å². The van der Waals surface area contributed by atoms with Crippen molar-refractivity contribution in [3.63, 3.8) is 0 Å². The molecule has 0 fully saturated rings. The van der Waals surface area contributed by atoms with E-state index in [9.17, 15) is 4.79 Å². The fourth-order valence-electron chi connectivity index (χ4n) is 2.66. The van der Waals surface area contributed by atoms with Gasteiger partial charge >= 0.3 is 0 Å². The van der Waals surface area contributed by atoms with Gasteiger partial charge in [-0.05, 0) is 42.3 Å². The average molecular weight is 362 g/mol. The first-order chi connectivity index (χ1) is 13.2. The van der Waals surface area contributed by atoms with Gasteiger partial charge in [-0.25, -0.2) is 0 Å². The highest BCUT2D eigenvalue weighted by Crippen LogP contribution is 2.29. The lowest BCUT2D eigenvalue weighted by Gasteiger charge is -2.15. The average Bonchev–Trinajstić information content (AvgIpc) is 2.73. The third-order valence-corrected chi connectivity index (χ3v) is 4.19. The topological polar surface area (TPSA) is 60.5 Å². The van der Waals surface area contributed by atoms with Gasteiger partial charge in [0.2, 0.25) is 0 Å². The summed E-state index contributed by atoms with van der Waals surface area (Å²) >= 11 is 0. The number of pyridine rings is 1. The molecule has 3 aromatic rings. The SMILES string of the molecule is COc1cc(C(=O)N[C@@H](C)c2cccnc2)ccc1OCc1ccccc1. The number of carbonyl (C=O) groups is 1. The van der Waals surface area contributed by atoms with Crippen LogP contribution in [-0.4, -0.2) is 18.0 Å². The normalized spacial score (nSPS) is 11.5. The van der Waals surface area contributed by atoms with Gasteiger partial charge in [0.1, 0.15) is 6.61 Å². The van der Waals surface area contributed by atoms with Gasteiger partial charge in [0.15, 0.2) is 11.5 Å². The van der Waals surface area contributed by atoms with Crippen LogP contribution in [0.3, 0.4) is 0 Å². The quantitative estimate of drug-likeness (QED) is 0.686. The van der Waals surface area contributed by atoms with Crippen LogP contribution in [0.5, 0.6) is 11.5 Å². The molecule has 0 spiro atoms. The molecule has 0 bridgehead atoms. The van der Waals surface area contributed by atoms with E-state index in [0.29, 0.717) is 23.7 Å². The van der Waals surface area contributed by atoms with Crippen molar-refractivity contribution < 1.29 is 14.3 Å². The van der Waals surface area contributed by atoms with Crippen molar-refractivity contribution in [3.8, 4) is 11.5 Å². The lowest BCUT2D eigenvalue weighted by atomic mass is 10.1. The van der Waals surface area contributed by atoms with Crippen molar-refractivity contribution in [1.82, 2.24) is 10.3 Å². The highest BCUT2D eigenvalue weighted by Gasteiger charge is 2.14. The summed E-state index contributed by atoms with van der Waals surface area (Å²) in [5.74, 6) is 0.935. The van der Waals surface area contributed by atoms with Gasteiger partial charge in [-0.1, -0.05) is 36.4 Å². The highest BCUT2D eigenvalue weighted by molar-refractivity contribution is 5.95. The maximum atomic E-state index is 12.6. The number of aromatic nitrogens is 1. The number of benzene rings is 2. The first-order valence-corrected chi connectivity index (χ1v) is 8.73. The second-order valence-corrected chi connectivity index (χ2v) is 6.12. The van der Waals surface area contributed by atoms with E-state index in [-0.39, 0.29) is 11.9 Å². The molecule has 1 heterocycles. The van der Waals surface area contributed by atoms with E-state index in [0.717, 1.165) is 11.1 Å². The van der Waals surface area contributed by atoms with E-state index in [2.05, 4.69) is 10.3 Å². The fraction of sp³-hybridized carbons (Fsp3) is 0.182. The van der Waals surface area contributed by atoms with Crippen molar-refractivity contribution in [2.75, 3.05) is 7.11 Å². The summed E-state index contributed by atoms with van der Waals surface area (Å²) in [5, 5.41) is 2.97. The van der Waals surface area contributed by atoms with Crippen LogP contribution >= 0.6 is 0 Å². The Morgan fingerprint density at radius 2 is 1.89 bits per heavy atom. The molecule has 5 nitrogen and oxygen atoms in total. The Bertz CT molecular complexity index is 883. The Labute approximate surface area is 159 Å². The van der Waals surface area contributed by atoms with E-state index < -0.39 is 0 Å². The van der Waals surface area contributed by atoms with Gasteiger partial charge < -0.3 is 14.8 Å². The third-order valence-electron chi connectivity index (χ3n) is 4.19. The van der Waals surface area contributed by atoms with E-state index in [1.54, 1.807) is 37.7 Å². The number of carbonyl (C=O) groups excluding carboxylic acids is 1. The molecule has 1 aromatic heterocycles. The highest BCUT2D eigenvalue weighted by atomic mass is 16.5. The minimum Gasteiger partial charge on any atom is -0.493 e. The molecule has 3 rings (SSSR count). The van der Waals surface area contributed by atoms with E-state index in [1.165, 1.54) is 0 Å². The molecule has 138 valence electrons. The van der Waals surface area contributed by atoms with Crippen molar-refractivity contribution in [1.29, 1.82) is 0 Å². The third kappa shape index (κ3) is 4.85. The van der Waals surface area contributed by atoms with Gasteiger partial charge in [0.25, 0.3) is 5.91 Å². The molecule has 0 saturated carbocycles. The predicted octanol–water partition coefficient (Wildman–Crippen LogP) is 4.16. The van der Waals surface area contributed by atoms with Crippen molar-refractivity contribution in [2.24, 2.45) is 0 Å². The molecule has 5 heteroatoms. The zero-order valence-corrected chi connectivity index (χ0v) is 15.4. The minimum atomic E-state index is -0.181. The summed E-state index contributed by atoms with van der Waals surface area (Å²) in [6.07, 6.45) is 3.45. The summed E-state index contributed by atoms with van der Waals surface area (Å²) < 4.78 is 11.2. The zero-order valence-electron chi connectivity index (χ0n) is 15.4. The molecule has 2 aromatic carbocycles. The molecule has 0 radical (unpaired) electrons. The van der Waals surface area contributed by atoms with Crippen LogP contribution in [0.15, 0.2) is 73.1 Å². The van der Waals surface area contributed by atoms with E-state index in [1.807, 2.05) is 49.4 Å². The second-order valence-electron chi connectivity index (χ2n) is 6.12. The number of nitrogens with one attached hydrogen (secondary N) is 1. The molecule has 0 unspecified atom stereocenters. The van der Waals surface area contributed by atoms with Gasteiger partial charge in [-0.15, -0.1) is 0 Å². The molecular formula is C22H22N2O3. The fourth-order valence-corrected chi connectivity index (χ4v) is 2.66. The maximum Gasteiger partial charge on any atom is 0.251 e. The Morgan fingerprint density at radius 3 is 2.59 bits per heavy atom. The summed E-state index contributed by atoms with van der Waals surface area (Å²) in [7, 11) is 1.56. The summed E-state index contributed by atoms with van der Waals surface area (Å²) in [5.41, 5.74) is 2.52. The summed E-state index contributed by atoms with van der Waals surface area (Å²) in [6, 6.07) is 18.7. The number of amides is 1. The molecular weight excluding hydrogens is 340 g/mol. The number of hydrogen-bond donors (Lipinski definition) is 1. The Hall–Kier alpha value is -3.34. The number of nitrogens with zero attached hydrogens (tertiary/aromatic N) is 1. The zero-order chi connectivity index (χ0) is 19.1. The number of ether oxygens (including phenoxy) is 2. The van der Waals surface area contributed by atoms with Gasteiger partial charge in [0, 0.05) is 18.0 Å². The van der Waals surface area contributed by atoms with Gasteiger partial charge in [-0.3, -0.25) is 9.78 Å². The van der Waals surface area contributed by atoms with Crippen LogP contribution in [0.1, 0.15) is 34.5 Å². The summed E-state index contributed by atoms with van der Waals surface area (Å²) in [4.78, 5) is 16.6. The van der Waals surface area contributed by atoms with Crippen LogP contribution in [-0.2, 0) is 6.61 Å². The maximum absolute atomic E-state index is 12.6. The van der Waals surface area contributed by atoms with Crippen molar-refractivity contribution >= 4 is 5.91 Å². The van der Waals surface area contributed by atoms with Gasteiger partial charge in [0.05, 0.1) is 13.2 Å². The standard InChI is InChI=1S/C22H22N2O3/c1-16(19-9-6-12-23-14-19)24-22(25)18-10-11-20(21(13-18)26-2)27-15-17-7-4-3-5-8-17/h3-14,16H,15H2,1-2H3,(H,24,25)/t16-/m0/s1. The van der Waals surface area contributed by atoms with E-state index in [4.69, 9.17) is 9.47 Å². The van der Waals surface area contributed by atoms with Gasteiger partial charge in [-0.2, -0.15) is 0 Å². The largest absolute Gasteiger partial charge is 0.493 e. The van der Waals surface area contributed by atoms with Crippen LogP contribution in [0.25, 0.3) is 0 Å².